The normalized spacial score (nSPS) is 36.5. The summed E-state index contributed by atoms with van der Waals surface area (Å²) in [6.45, 7) is 4.58. The summed E-state index contributed by atoms with van der Waals surface area (Å²) < 4.78 is 6.49. The minimum Gasteiger partial charge on any atom is -0.487 e. The van der Waals surface area contributed by atoms with E-state index in [1.165, 1.54) is 37.1 Å². The van der Waals surface area contributed by atoms with Crippen molar-refractivity contribution in [1.82, 2.24) is 4.90 Å². The van der Waals surface area contributed by atoms with E-state index in [9.17, 15) is 0 Å². The number of aryl methyl sites for hydroxylation is 1. The Labute approximate surface area is 121 Å². The third kappa shape index (κ3) is 1.95. The third-order valence-electron chi connectivity index (χ3n) is 5.44. The van der Waals surface area contributed by atoms with Crippen molar-refractivity contribution >= 4 is 0 Å². The van der Waals surface area contributed by atoms with Crippen molar-refractivity contribution in [1.29, 1.82) is 0 Å². The summed E-state index contributed by atoms with van der Waals surface area (Å²) in [7, 11) is 0. The Morgan fingerprint density at radius 2 is 2.20 bits per heavy atom. The highest BCUT2D eigenvalue weighted by Gasteiger charge is 2.46. The van der Waals surface area contributed by atoms with Crippen molar-refractivity contribution < 1.29 is 4.74 Å². The second-order valence-corrected chi connectivity index (χ2v) is 6.92. The lowest BCUT2D eigenvalue weighted by Gasteiger charge is -2.48. The Hall–Kier alpha value is -1.06. The van der Waals surface area contributed by atoms with Crippen molar-refractivity contribution in [2.24, 2.45) is 5.73 Å². The molecule has 20 heavy (non-hydrogen) atoms. The Morgan fingerprint density at radius 3 is 3.10 bits per heavy atom. The van der Waals surface area contributed by atoms with Crippen molar-refractivity contribution in [3.8, 4) is 5.75 Å². The van der Waals surface area contributed by atoms with Crippen LogP contribution in [0, 0.1) is 6.92 Å². The van der Waals surface area contributed by atoms with Gasteiger partial charge in [-0.2, -0.15) is 0 Å². The van der Waals surface area contributed by atoms with Gasteiger partial charge < -0.3 is 15.4 Å². The molecule has 3 aliphatic rings. The van der Waals surface area contributed by atoms with Gasteiger partial charge in [-0.1, -0.05) is 17.7 Å². The van der Waals surface area contributed by atoms with Crippen LogP contribution in [-0.4, -0.2) is 29.6 Å². The van der Waals surface area contributed by atoms with Crippen LogP contribution in [0.25, 0.3) is 0 Å². The van der Waals surface area contributed by atoms with Crippen LogP contribution < -0.4 is 10.5 Å². The van der Waals surface area contributed by atoms with Gasteiger partial charge in [0.15, 0.2) is 0 Å². The second-order valence-electron chi connectivity index (χ2n) is 6.92. The Kier molecular flexibility index (Phi) is 2.83. The molecule has 0 aromatic heterocycles. The molecule has 0 radical (unpaired) electrons. The molecule has 0 bridgehead atoms. The first-order valence-electron chi connectivity index (χ1n) is 7.94. The maximum atomic E-state index is 6.49. The molecule has 2 N–H and O–H groups in total. The molecule has 4 rings (SSSR count). The van der Waals surface area contributed by atoms with E-state index in [0.717, 1.165) is 31.1 Å². The summed E-state index contributed by atoms with van der Waals surface area (Å²) in [6, 6.07) is 7.30. The number of rotatable bonds is 0. The Morgan fingerprint density at radius 1 is 1.30 bits per heavy atom. The summed E-state index contributed by atoms with van der Waals surface area (Å²) in [5, 5.41) is 0. The second kappa shape index (κ2) is 4.47. The molecule has 3 aliphatic heterocycles. The molecule has 2 saturated heterocycles. The van der Waals surface area contributed by atoms with Gasteiger partial charge in [-0.25, -0.2) is 0 Å². The van der Waals surface area contributed by atoms with Gasteiger partial charge in [-0.3, -0.25) is 0 Å². The maximum absolute atomic E-state index is 6.49. The quantitative estimate of drug-likeness (QED) is 0.789. The fourth-order valence-corrected chi connectivity index (χ4v) is 4.41. The van der Waals surface area contributed by atoms with Gasteiger partial charge in [0, 0.05) is 37.0 Å². The first-order chi connectivity index (χ1) is 9.65. The van der Waals surface area contributed by atoms with Crippen LogP contribution in [0.2, 0.25) is 0 Å². The van der Waals surface area contributed by atoms with E-state index in [0.29, 0.717) is 0 Å². The highest BCUT2D eigenvalue weighted by molar-refractivity contribution is 5.41. The van der Waals surface area contributed by atoms with E-state index < -0.39 is 0 Å². The molecule has 2 unspecified atom stereocenters. The van der Waals surface area contributed by atoms with Crippen LogP contribution in [0.15, 0.2) is 18.2 Å². The van der Waals surface area contributed by atoms with Gasteiger partial charge in [0.05, 0.1) is 0 Å². The molecule has 3 heteroatoms. The minimum absolute atomic E-state index is 0.00676. The number of hydrogen-bond acceptors (Lipinski definition) is 3. The average molecular weight is 272 g/mol. The third-order valence-corrected chi connectivity index (χ3v) is 5.44. The van der Waals surface area contributed by atoms with Gasteiger partial charge in [-0.15, -0.1) is 0 Å². The van der Waals surface area contributed by atoms with Gasteiger partial charge in [0.1, 0.15) is 11.4 Å². The standard InChI is InChI=1S/C17H24N2O/c1-12-4-5-16-14(9-12)15(18)11-17(20-16)6-8-19-7-2-3-13(19)10-17/h4-5,9,13,15H,2-3,6-8,10-11,18H2,1H3/t13?,15-,17?/m0/s1. The number of hydrogen-bond donors (Lipinski definition) is 1. The topological polar surface area (TPSA) is 38.5 Å². The molecule has 1 aromatic carbocycles. The average Bonchev–Trinajstić information content (AvgIpc) is 2.87. The molecular formula is C17H24N2O. The van der Waals surface area contributed by atoms with Crippen molar-refractivity contribution in [3.05, 3.63) is 29.3 Å². The number of nitrogens with two attached hydrogens (primary N) is 1. The van der Waals surface area contributed by atoms with Gasteiger partial charge >= 0.3 is 0 Å². The lowest BCUT2D eigenvalue weighted by molar-refractivity contribution is -0.0358. The highest BCUT2D eigenvalue weighted by Crippen LogP contribution is 2.46. The summed E-state index contributed by atoms with van der Waals surface area (Å²) in [6.07, 6.45) is 5.95. The molecule has 0 aliphatic carbocycles. The summed E-state index contributed by atoms with van der Waals surface area (Å²) in [4.78, 5) is 2.64. The molecular weight excluding hydrogens is 248 g/mol. The summed E-state index contributed by atoms with van der Waals surface area (Å²) >= 11 is 0. The summed E-state index contributed by atoms with van der Waals surface area (Å²) in [5.41, 5.74) is 8.92. The first-order valence-corrected chi connectivity index (χ1v) is 7.94. The zero-order valence-corrected chi connectivity index (χ0v) is 12.3. The van der Waals surface area contributed by atoms with E-state index in [4.69, 9.17) is 10.5 Å². The molecule has 0 amide bonds. The highest BCUT2D eigenvalue weighted by atomic mass is 16.5. The zero-order chi connectivity index (χ0) is 13.7. The molecule has 3 nitrogen and oxygen atoms in total. The predicted octanol–water partition coefficient (Wildman–Crippen LogP) is 2.77. The van der Waals surface area contributed by atoms with E-state index in [1.807, 2.05) is 0 Å². The molecule has 2 fully saturated rings. The van der Waals surface area contributed by atoms with Crippen molar-refractivity contribution in [2.45, 2.75) is 56.7 Å². The van der Waals surface area contributed by atoms with Gasteiger partial charge in [0.25, 0.3) is 0 Å². The number of benzene rings is 1. The lowest BCUT2D eigenvalue weighted by Crippen LogP contribution is -2.53. The number of nitrogens with zero attached hydrogens (tertiary/aromatic N) is 1. The molecule has 0 saturated carbocycles. The summed E-state index contributed by atoms with van der Waals surface area (Å²) in [5.74, 6) is 1.03. The van der Waals surface area contributed by atoms with E-state index >= 15 is 0 Å². The van der Waals surface area contributed by atoms with Crippen LogP contribution in [0.3, 0.4) is 0 Å². The van der Waals surface area contributed by atoms with Crippen molar-refractivity contribution in [3.63, 3.8) is 0 Å². The molecule has 1 spiro atoms. The molecule has 3 heterocycles. The largest absolute Gasteiger partial charge is 0.487 e. The molecule has 108 valence electrons. The van der Waals surface area contributed by atoms with Crippen LogP contribution in [0.5, 0.6) is 5.75 Å². The zero-order valence-electron chi connectivity index (χ0n) is 12.3. The monoisotopic (exact) mass is 272 g/mol. The van der Waals surface area contributed by atoms with Crippen LogP contribution in [-0.2, 0) is 0 Å². The van der Waals surface area contributed by atoms with E-state index in [1.54, 1.807) is 0 Å². The molecule has 1 aromatic rings. The van der Waals surface area contributed by atoms with Crippen LogP contribution in [0.4, 0.5) is 0 Å². The fraction of sp³-hybridized carbons (Fsp3) is 0.647. The van der Waals surface area contributed by atoms with Crippen molar-refractivity contribution in [2.75, 3.05) is 13.1 Å². The SMILES string of the molecule is Cc1ccc2c(c1)[C@@H](N)CC1(CCN3CCCC3C1)O2. The molecule has 3 atom stereocenters. The van der Waals surface area contributed by atoms with E-state index in [-0.39, 0.29) is 11.6 Å². The Balaban J connectivity index is 1.63. The van der Waals surface area contributed by atoms with Gasteiger partial charge in [0.2, 0.25) is 0 Å². The van der Waals surface area contributed by atoms with Gasteiger partial charge in [-0.05, 0) is 38.8 Å². The van der Waals surface area contributed by atoms with E-state index in [2.05, 4.69) is 30.0 Å². The van der Waals surface area contributed by atoms with Crippen LogP contribution in [0.1, 0.15) is 49.3 Å². The number of fused-ring (bicyclic) bond motifs is 2. The maximum Gasteiger partial charge on any atom is 0.124 e. The fourth-order valence-electron chi connectivity index (χ4n) is 4.41. The predicted molar refractivity (Wildman–Crippen MR) is 79.9 cm³/mol. The Bertz CT molecular complexity index is 530. The number of piperidine rings is 1. The minimum atomic E-state index is -0.00676. The lowest BCUT2D eigenvalue weighted by atomic mass is 9.78. The van der Waals surface area contributed by atoms with Crippen LogP contribution >= 0.6 is 0 Å². The smallest absolute Gasteiger partial charge is 0.124 e. The first kappa shape index (κ1) is 12.7. The number of ether oxygens (including phenoxy) is 1.